The molecule has 0 bridgehead atoms. The number of aliphatic hydroxyl groups excluding tert-OH is 2. The van der Waals surface area contributed by atoms with Gasteiger partial charge in [-0.3, -0.25) is 9.59 Å². The fourth-order valence-electron chi connectivity index (χ4n) is 2.44. The zero-order valence-electron chi connectivity index (χ0n) is 14.5. The fourth-order valence-corrected chi connectivity index (χ4v) is 2.44. The molecule has 2 amide bonds. The van der Waals surface area contributed by atoms with Gasteiger partial charge in [0.1, 0.15) is 0 Å². The molecule has 22 heavy (non-hydrogen) atoms. The summed E-state index contributed by atoms with van der Waals surface area (Å²) in [7, 11) is 0. The molecule has 0 heterocycles. The van der Waals surface area contributed by atoms with E-state index in [4.69, 9.17) is 21.7 Å². The third-order valence-electron chi connectivity index (χ3n) is 4.85. The molecule has 132 valence electrons. The molecule has 0 aliphatic rings. The van der Waals surface area contributed by atoms with Gasteiger partial charge in [-0.1, -0.05) is 27.7 Å². The van der Waals surface area contributed by atoms with Crippen molar-refractivity contribution >= 4 is 11.8 Å². The Bertz CT molecular complexity index is 316. The number of hydrogen-bond donors (Lipinski definition) is 4. The number of amides is 2. The number of nitrogens with two attached hydrogens (primary N) is 2. The zero-order chi connectivity index (χ0) is 17.8. The molecule has 0 aliphatic carbocycles. The van der Waals surface area contributed by atoms with Gasteiger partial charge < -0.3 is 21.7 Å². The van der Waals surface area contributed by atoms with Crippen LogP contribution in [0.4, 0.5) is 0 Å². The first-order valence-corrected chi connectivity index (χ1v) is 8.02. The summed E-state index contributed by atoms with van der Waals surface area (Å²) in [5, 5.41) is 17.7. The second kappa shape index (κ2) is 11.4. The second-order valence-corrected chi connectivity index (χ2v) is 5.83. The van der Waals surface area contributed by atoms with Crippen molar-refractivity contribution < 1.29 is 19.8 Å². The molecule has 0 fully saturated rings. The van der Waals surface area contributed by atoms with Crippen LogP contribution in [0.2, 0.25) is 0 Å². The van der Waals surface area contributed by atoms with Crippen molar-refractivity contribution in [2.75, 3.05) is 13.2 Å². The van der Waals surface area contributed by atoms with Gasteiger partial charge in [0, 0.05) is 25.0 Å². The SMILES string of the molecule is CCC(CC)(CCO)C(N)=O.CCC(CC)(CO)CC(N)=O. The van der Waals surface area contributed by atoms with Gasteiger partial charge in [-0.25, -0.2) is 0 Å². The van der Waals surface area contributed by atoms with Crippen molar-refractivity contribution in [1.82, 2.24) is 0 Å². The van der Waals surface area contributed by atoms with Crippen LogP contribution in [-0.4, -0.2) is 35.2 Å². The van der Waals surface area contributed by atoms with Gasteiger partial charge in [0.05, 0.1) is 5.41 Å². The molecule has 0 unspecified atom stereocenters. The molecule has 0 atom stereocenters. The lowest BCUT2D eigenvalue weighted by atomic mass is 9.79. The first-order chi connectivity index (χ1) is 10.2. The molecule has 0 saturated carbocycles. The summed E-state index contributed by atoms with van der Waals surface area (Å²) in [6, 6.07) is 0. The van der Waals surface area contributed by atoms with Gasteiger partial charge in [-0.2, -0.15) is 0 Å². The van der Waals surface area contributed by atoms with Gasteiger partial charge in [-0.05, 0) is 32.1 Å². The first kappa shape index (κ1) is 23.1. The van der Waals surface area contributed by atoms with Crippen molar-refractivity contribution in [1.29, 1.82) is 0 Å². The second-order valence-electron chi connectivity index (χ2n) is 5.83. The predicted octanol–water partition coefficient (Wildman–Crippen LogP) is 1.32. The minimum Gasteiger partial charge on any atom is -0.396 e. The number of carbonyl (C=O) groups excluding carboxylic acids is 2. The fraction of sp³-hybridized carbons (Fsp3) is 0.875. The van der Waals surface area contributed by atoms with Crippen LogP contribution in [0.15, 0.2) is 0 Å². The average Bonchev–Trinajstić information content (AvgIpc) is 2.50. The smallest absolute Gasteiger partial charge is 0.223 e. The highest BCUT2D eigenvalue weighted by Crippen LogP contribution is 2.30. The molecule has 6 nitrogen and oxygen atoms in total. The number of rotatable bonds is 10. The van der Waals surface area contributed by atoms with E-state index in [1.54, 1.807) is 0 Å². The van der Waals surface area contributed by atoms with Crippen LogP contribution in [0, 0.1) is 10.8 Å². The third-order valence-corrected chi connectivity index (χ3v) is 4.85. The van der Waals surface area contributed by atoms with Crippen LogP contribution in [0.3, 0.4) is 0 Å². The summed E-state index contributed by atoms with van der Waals surface area (Å²) >= 11 is 0. The highest BCUT2D eigenvalue weighted by Gasteiger charge is 2.31. The lowest BCUT2D eigenvalue weighted by molar-refractivity contribution is -0.129. The summed E-state index contributed by atoms with van der Waals surface area (Å²) < 4.78 is 0. The zero-order valence-corrected chi connectivity index (χ0v) is 14.5. The van der Waals surface area contributed by atoms with Crippen LogP contribution in [0.1, 0.15) is 66.2 Å². The van der Waals surface area contributed by atoms with E-state index in [2.05, 4.69) is 0 Å². The number of hydrogen-bond acceptors (Lipinski definition) is 4. The molecule has 6 N–H and O–H groups in total. The van der Waals surface area contributed by atoms with Crippen molar-refractivity contribution in [2.45, 2.75) is 66.2 Å². The van der Waals surface area contributed by atoms with Crippen LogP contribution < -0.4 is 11.5 Å². The largest absolute Gasteiger partial charge is 0.396 e. The quantitative estimate of drug-likeness (QED) is 0.484. The van der Waals surface area contributed by atoms with Gasteiger partial charge in [0.15, 0.2) is 0 Å². The number of carbonyl (C=O) groups is 2. The Hall–Kier alpha value is -1.14. The number of aliphatic hydroxyl groups is 2. The van der Waals surface area contributed by atoms with E-state index in [-0.39, 0.29) is 36.9 Å². The lowest BCUT2D eigenvalue weighted by Gasteiger charge is -2.27. The lowest BCUT2D eigenvalue weighted by Crippen LogP contribution is -2.36. The molecule has 0 radical (unpaired) electrons. The summed E-state index contributed by atoms with van der Waals surface area (Å²) in [5.41, 5.74) is 9.53. The Morgan fingerprint density at radius 3 is 1.45 bits per heavy atom. The molecular weight excluding hydrogens is 284 g/mol. The molecule has 0 rings (SSSR count). The highest BCUT2D eigenvalue weighted by molar-refractivity contribution is 5.80. The molecule has 0 aromatic rings. The van der Waals surface area contributed by atoms with Crippen LogP contribution >= 0.6 is 0 Å². The van der Waals surface area contributed by atoms with E-state index >= 15 is 0 Å². The maximum absolute atomic E-state index is 11.0. The molecule has 0 aromatic carbocycles. The van der Waals surface area contributed by atoms with E-state index in [1.807, 2.05) is 27.7 Å². The third kappa shape index (κ3) is 7.22. The van der Waals surface area contributed by atoms with Crippen LogP contribution in [-0.2, 0) is 9.59 Å². The van der Waals surface area contributed by atoms with E-state index < -0.39 is 5.41 Å². The molecule has 6 heteroatoms. The maximum Gasteiger partial charge on any atom is 0.223 e. The Kier molecular flexibility index (Phi) is 12.0. The molecule has 0 aliphatic heterocycles. The highest BCUT2D eigenvalue weighted by atomic mass is 16.3. The van der Waals surface area contributed by atoms with Crippen molar-refractivity contribution in [3.63, 3.8) is 0 Å². The van der Waals surface area contributed by atoms with Gasteiger partial charge in [0.2, 0.25) is 11.8 Å². The summed E-state index contributed by atoms with van der Waals surface area (Å²) in [5.74, 6) is -0.626. The molecule has 0 spiro atoms. The summed E-state index contributed by atoms with van der Waals surface area (Å²) in [6.45, 7) is 7.84. The number of primary amides is 2. The van der Waals surface area contributed by atoms with Crippen LogP contribution in [0.25, 0.3) is 0 Å². The van der Waals surface area contributed by atoms with Crippen molar-refractivity contribution in [3.8, 4) is 0 Å². The standard InChI is InChI=1S/2C8H17NO2/c1-3-8(4-2,6-10)5-7(9)11;1-3-8(4-2,5-6-10)7(9)11/h2*10H,3-6H2,1-2H3,(H2,9,11). The van der Waals surface area contributed by atoms with Crippen molar-refractivity contribution in [3.05, 3.63) is 0 Å². The average molecular weight is 318 g/mol. The molecule has 0 aromatic heterocycles. The van der Waals surface area contributed by atoms with E-state index in [0.29, 0.717) is 19.3 Å². The Morgan fingerprint density at radius 2 is 1.36 bits per heavy atom. The van der Waals surface area contributed by atoms with Gasteiger partial charge in [-0.15, -0.1) is 0 Å². The maximum atomic E-state index is 11.0. The van der Waals surface area contributed by atoms with Gasteiger partial charge >= 0.3 is 0 Å². The van der Waals surface area contributed by atoms with Crippen LogP contribution in [0.5, 0.6) is 0 Å². The van der Waals surface area contributed by atoms with E-state index in [0.717, 1.165) is 12.8 Å². The first-order valence-electron chi connectivity index (χ1n) is 8.02. The monoisotopic (exact) mass is 318 g/mol. The summed E-state index contributed by atoms with van der Waals surface area (Å²) in [4.78, 5) is 21.6. The minimum atomic E-state index is -0.477. The van der Waals surface area contributed by atoms with Crippen molar-refractivity contribution in [2.24, 2.45) is 22.3 Å². The Balaban J connectivity index is 0. The molecular formula is C16H34N2O4. The minimum absolute atomic E-state index is 0.0324. The topological polar surface area (TPSA) is 127 Å². The van der Waals surface area contributed by atoms with E-state index in [1.165, 1.54) is 0 Å². The predicted molar refractivity (Wildman–Crippen MR) is 87.8 cm³/mol. The van der Waals surface area contributed by atoms with Gasteiger partial charge in [0.25, 0.3) is 0 Å². The Morgan fingerprint density at radius 1 is 0.909 bits per heavy atom. The summed E-state index contributed by atoms with van der Waals surface area (Å²) in [6.07, 6.45) is 3.77. The normalized spacial score (nSPS) is 11.5. The molecule has 0 saturated heterocycles. The Labute approximate surface area is 134 Å². The van der Waals surface area contributed by atoms with E-state index in [9.17, 15) is 9.59 Å².